The molecule has 0 bridgehead atoms. The summed E-state index contributed by atoms with van der Waals surface area (Å²) >= 11 is 0. The molecule has 3 rings (SSSR count). The summed E-state index contributed by atoms with van der Waals surface area (Å²) in [6, 6.07) is 22.8. The maximum atomic E-state index is 12.2. The van der Waals surface area contributed by atoms with Crippen LogP contribution in [0, 0.1) is 0 Å². The average molecular weight is 332 g/mol. The zero-order valence-electron chi connectivity index (χ0n) is 14.4. The predicted molar refractivity (Wildman–Crippen MR) is 99.2 cm³/mol. The third-order valence-corrected chi connectivity index (χ3v) is 4.09. The first kappa shape index (κ1) is 16.8. The summed E-state index contributed by atoms with van der Waals surface area (Å²) in [6.45, 7) is 2.08. The molecule has 0 N–H and O–H groups in total. The van der Waals surface area contributed by atoms with E-state index in [1.807, 2.05) is 48.5 Å². The van der Waals surface area contributed by atoms with E-state index in [9.17, 15) is 4.79 Å². The Morgan fingerprint density at radius 3 is 1.76 bits per heavy atom. The monoisotopic (exact) mass is 332 g/mol. The van der Waals surface area contributed by atoms with Gasteiger partial charge in [-0.05, 0) is 59.5 Å². The second kappa shape index (κ2) is 7.67. The van der Waals surface area contributed by atoms with Crippen LogP contribution in [0.15, 0.2) is 72.8 Å². The highest BCUT2D eigenvalue weighted by atomic mass is 16.5. The van der Waals surface area contributed by atoms with Gasteiger partial charge in [-0.2, -0.15) is 0 Å². The van der Waals surface area contributed by atoms with E-state index in [4.69, 9.17) is 9.47 Å². The minimum absolute atomic E-state index is 0.347. The van der Waals surface area contributed by atoms with Crippen LogP contribution in [0.2, 0.25) is 0 Å². The van der Waals surface area contributed by atoms with E-state index in [-0.39, 0.29) is 5.97 Å². The zero-order chi connectivity index (χ0) is 17.6. The Kier molecular flexibility index (Phi) is 5.14. The third kappa shape index (κ3) is 4.07. The number of benzene rings is 3. The molecule has 0 aliphatic heterocycles. The van der Waals surface area contributed by atoms with E-state index in [1.165, 1.54) is 5.56 Å². The Morgan fingerprint density at radius 1 is 0.760 bits per heavy atom. The van der Waals surface area contributed by atoms with Gasteiger partial charge < -0.3 is 9.47 Å². The number of aryl methyl sites for hydroxylation is 1. The number of hydrogen-bond acceptors (Lipinski definition) is 3. The molecule has 0 aliphatic carbocycles. The van der Waals surface area contributed by atoms with Gasteiger partial charge in [-0.3, -0.25) is 0 Å². The third-order valence-electron chi connectivity index (χ3n) is 4.09. The second-order valence-corrected chi connectivity index (χ2v) is 5.69. The molecule has 25 heavy (non-hydrogen) atoms. The molecule has 0 saturated heterocycles. The van der Waals surface area contributed by atoms with Crippen LogP contribution in [0.1, 0.15) is 22.8 Å². The quantitative estimate of drug-likeness (QED) is 0.479. The zero-order valence-corrected chi connectivity index (χ0v) is 14.4. The fourth-order valence-electron chi connectivity index (χ4n) is 2.54. The lowest BCUT2D eigenvalue weighted by Crippen LogP contribution is -2.08. The van der Waals surface area contributed by atoms with Gasteiger partial charge in [0, 0.05) is 0 Å². The Balaban J connectivity index is 1.69. The number of rotatable bonds is 5. The van der Waals surface area contributed by atoms with Gasteiger partial charge in [0.15, 0.2) is 0 Å². The Bertz CT molecular complexity index is 832. The molecule has 0 saturated carbocycles. The highest BCUT2D eigenvalue weighted by Gasteiger charge is 2.08. The van der Waals surface area contributed by atoms with Gasteiger partial charge in [0.05, 0.1) is 12.7 Å². The van der Waals surface area contributed by atoms with Crippen molar-refractivity contribution in [2.45, 2.75) is 13.3 Å². The van der Waals surface area contributed by atoms with Crippen molar-refractivity contribution in [3.8, 4) is 22.6 Å². The summed E-state index contributed by atoms with van der Waals surface area (Å²) in [5.41, 5.74) is 3.88. The molecule has 0 unspecified atom stereocenters. The van der Waals surface area contributed by atoms with Gasteiger partial charge in [0.25, 0.3) is 0 Å². The molecule has 0 heterocycles. The van der Waals surface area contributed by atoms with Crippen molar-refractivity contribution in [2.24, 2.45) is 0 Å². The van der Waals surface area contributed by atoms with Crippen LogP contribution in [0.3, 0.4) is 0 Å². The van der Waals surface area contributed by atoms with Crippen molar-refractivity contribution >= 4 is 5.97 Å². The highest BCUT2D eigenvalue weighted by Crippen LogP contribution is 2.25. The standard InChI is InChI=1S/C22H20O3/c1-3-16-4-6-19(7-5-16)22(23)25-21-14-10-18(11-15-21)17-8-12-20(24-2)13-9-17/h4-15H,3H2,1-2H3. The first-order valence-corrected chi connectivity index (χ1v) is 8.25. The minimum atomic E-state index is -0.347. The lowest BCUT2D eigenvalue weighted by atomic mass is 10.1. The number of carbonyl (C=O) groups excluding carboxylic acids is 1. The molecule has 3 heteroatoms. The van der Waals surface area contributed by atoms with Crippen molar-refractivity contribution in [3.05, 3.63) is 83.9 Å². The Hall–Kier alpha value is -3.07. The normalized spacial score (nSPS) is 10.3. The number of ether oxygens (including phenoxy) is 2. The van der Waals surface area contributed by atoms with Gasteiger partial charge in [-0.25, -0.2) is 4.79 Å². The predicted octanol–water partition coefficient (Wildman–Crippen LogP) is 5.14. The van der Waals surface area contributed by atoms with Gasteiger partial charge in [-0.15, -0.1) is 0 Å². The van der Waals surface area contributed by atoms with Gasteiger partial charge in [0.2, 0.25) is 0 Å². The summed E-state index contributed by atoms with van der Waals surface area (Å²) in [5.74, 6) is 1.00. The van der Waals surface area contributed by atoms with Crippen LogP contribution >= 0.6 is 0 Å². The molecule has 0 spiro atoms. The van der Waals surface area contributed by atoms with E-state index in [0.29, 0.717) is 11.3 Å². The molecule has 0 aromatic heterocycles. The molecule has 0 amide bonds. The average Bonchev–Trinajstić information content (AvgIpc) is 2.68. The molecule has 3 aromatic carbocycles. The van der Waals surface area contributed by atoms with Gasteiger partial charge >= 0.3 is 5.97 Å². The summed E-state index contributed by atoms with van der Waals surface area (Å²) < 4.78 is 10.6. The first-order valence-electron chi connectivity index (χ1n) is 8.25. The summed E-state index contributed by atoms with van der Waals surface area (Å²) in [6.07, 6.45) is 0.947. The van der Waals surface area contributed by atoms with Crippen molar-refractivity contribution in [2.75, 3.05) is 7.11 Å². The van der Waals surface area contributed by atoms with Crippen molar-refractivity contribution < 1.29 is 14.3 Å². The van der Waals surface area contributed by atoms with Crippen LogP contribution in [0.25, 0.3) is 11.1 Å². The fraction of sp³-hybridized carbons (Fsp3) is 0.136. The minimum Gasteiger partial charge on any atom is -0.497 e. The van der Waals surface area contributed by atoms with E-state index in [0.717, 1.165) is 23.3 Å². The Morgan fingerprint density at radius 2 is 1.28 bits per heavy atom. The highest BCUT2D eigenvalue weighted by molar-refractivity contribution is 5.91. The van der Waals surface area contributed by atoms with E-state index < -0.39 is 0 Å². The SMILES string of the molecule is CCc1ccc(C(=O)Oc2ccc(-c3ccc(OC)cc3)cc2)cc1. The van der Waals surface area contributed by atoms with Crippen molar-refractivity contribution in [1.82, 2.24) is 0 Å². The molecule has 0 fully saturated rings. The molecule has 3 nitrogen and oxygen atoms in total. The van der Waals surface area contributed by atoms with E-state index in [2.05, 4.69) is 6.92 Å². The number of methoxy groups -OCH3 is 1. The molecular formula is C22H20O3. The molecule has 0 atom stereocenters. The van der Waals surface area contributed by atoms with Crippen LogP contribution in [-0.4, -0.2) is 13.1 Å². The topological polar surface area (TPSA) is 35.5 Å². The van der Waals surface area contributed by atoms with Crippen LogP contribution in [-0.2, 0) is 6.42 Å². The molecule has 126 valence electrons. The van der Waals surface area contributed by atoms with Crippen molar-refractivity contribution in [1.29, 1.82) is 0 Å². The Labute approximate surface area is 147 Å². The summed E-state index contributed by atoms with van der Waals surface area (Å²) in [5, 5.41) is 0. The van der Waals surface area contributed by atoms with Gasteiger partial charge in [-0.1, -0.05) is 43.3 Å². The van der Waals surface area contributed by atoms with Gasteiger partial charge in [0.1, 0.15) is 11.5 Å². The summed E-state index contributed by atoms with van der Waals surface area (Å²) in [7, 11) is 1.65. The second-order valence-electron chi connectivity index (χ2n) is 5.69. The number of hydrogen-bond donors (Lipinski definition) is 0. The smallest absolute Gasteiger partial charge is 0.343 e. The maximum absolute atomic E-state index is 12.2. The molecular weight excluding hydrogens is 312 g/mol. The number of esters is 1. The van der Waals surface area contributed by atoms with Crippen LogP contribution in [0.4, 0.5) is 0 Å². The van der Waals surface area contributed by atoms with Crippen LogP contribution in [0.5, 0.6) is 11.5 Å². The molecule has 0 aliphatic rings. The fourth-order valence-corrected chi connectivity index (χ4v) is 2.54. The molecule has 3 aromatic rings. The van der Waals surface area contributed by atoms with E-state index in [1.54, 1.807) is 31.4 Å². The van der Waals surface area contributed by atoms with Crippen molar-refractivity contribution in [3.63, 3.8) is 0 Å². The maximum Gasteiger partial charge on any atom is 0.343 e. The van der Waals surface area contributed by atoms with E-state index >= 15 is 0 Å². The number of carbonyl (C=O) groups is 1. The summed E-state index contributed by atoms with van der Waals surface area (Å²) in [4.78, 5) is 12.2. The van der Waals surface area contributed by atoms with Crippen LogP contribution < -0.4 is 9.47 Å². The largest absolute Gasteiger partial charge is 0.497 e. The lowest BCUT2D eigenvalue weighted by Gasteiger charge is -2.07. The first-order chi connectivity index (χ1) is 12.2. The molecule has 0 radical (unpaired) electrons. The lowest BCUT2D eigenvalue weighted by molar-refractivity contribution is 0.0735.